The summed E-state index contributed by atoms with van der Waals surface area (Å²) in [4.78, 5) is 11.5. The molecule has 1 N–H and O–H groups in total. The number of carbonyl (C=O) groups is 1. The molecule has 0 bridgehead atoms. The van der Waals surface area contributed by atoms with Crippen LogP contribution in [-0.2, 0) is 4.79 Å². The second kappa shape index (κ2) is 3.35. The van der Waals surface area contributed by atoms with Gasteiger partial charge in [0, 0.05) is 6.42 Å². The zero-order valence-corrected chi connectivity index (χ0v) is 7.44. The Labute approximate surface area is 68.4 Å². The minimum absolute atomic E-state index is 0.144. The highest BCUT2D eigenvalue weighted by molar-refractivity contribution is 5.88. The van der Waals surface area contributed by atoms with Crippen molar-refractivity contribution in [3.63, 3.8) is 0 Å². The fourth-order valence-electron chi connectivity index (χ4n) is 1.99. The largest absolute Gasteiger partial charge is 0.308 e. The molecular formula is C9H17NO. The van der Waals surface area contributed by atoms with Crippen LogP contribution < -0.4 is 5.32 Å². The minimum Gasteiger partial charge on any atom is -0.308 e. The van der Waals surface area contributed by atoms with E-state index in [2.05, 4.69) is 5.32 Å². The molecule has 2 heteroatoms. The topological polar surface area (TPSA) is 29.1 Å². The van der Waals surface area contributed by atoms with Crippen molar-refractivity contribution in [3.05, 3.63) is 0 Å². The molecule has 0 aliphatic heterocycles. The molecule has 0 unspecified atom stereocenters. The molecule has 0 aromatic carbocycles. The number of likely N-dealkylation sites (N-methyl/N-ethyl adjacent to an activating group) is 1. The summed E-state index contributed by atoms with van der Waals surface area (Å²) in [7, 11) is 1.90. The molecule has 0 aromatic rings. The van der Waals surface area contributed by atoms with Gasteiger partial charge in [0.2, 0.25) is 0 Å². The summed E-state index contributed by atoms with van der Waals surface area (Å²) < 4.78 is 0. The Morgan fingerprint density at radius 1 is 1.45 bits per heavy atom. The van der Waals surface area contributed by atoms with Gasteiger partial charge in [0.25, 0.3) is 0 Å². The molecule has 1 fully saturated rings. The maximum atomic E-state index is 11.5. The third-order valence-electron chi connectivity index (χ3n) is 2.79. The second-order valence-electron chi connectivity index (χ2n) is 3.32. The Hall–Kier alpha value is -0.370. The summed E-state index contributed by atoms with van der Waals surface area (Å²) in [6.07, 6.45) is 5.15. The van der Waals surface area contributed by atoms with Gasteiger partial charge in [0.1, 0.15) is 0 Å². The van der Waals surface area contributed by atoms with Gasteiger partial charge in [0.05, 0.1) is 5.54 Å². The lowest BCUT2D eigenvalue weighted by Crippen LogP contribution is -2.47. The Morgan fingerprint density at radius 3 is 2.36 bits per heavy atom. The fourth-order valence-corrected chi connectivity index (χ4v) is 1.99. The molecule has 0 aromatic heterocycles. The van der Waals surface area contributed by atoms with Gasteiger partial charge in [-0.05, 0) is 19.9 Å². The van der Waals surface area contributed by atoms with Crippen LogP contribution in [-0.4, -0.2) is 18.4 Å². The van der Waals surface area contributed by atoms with Crippen LogP contribution in [0.3, 0.4) is 0 Å². The summed E-state index contributed by atoms with van der Waals surface area (Å²) in [5.74, 6) is 0.387. The Morgan fingerprint density at radius 2 is 2.00 bits per heavy atom. The van der Waals surface area contributed by atoms with E-state index in [-0.39, 0.29) is 5.54 Å². The Bertz CT molecular complexity index is 148. The van der Waals surface area contributed by atoms with Crippen molar-refractivity contribution in [2.75, 3.05) is 7.05 Å². The van der Waals surface area contributed by atoms with Crippen molar-refractivity contribution >= 4 is 5.78 Å². The van der Waals surface area contributed by atoms with Gasteiger partial charge in [-0.15, -0.1) is 0 Å². The lowest BCUT2D eigenvalue weighted by atomic mass is 9.91. The molecular weight excluding hydrogens is 138 g/mol. The van der Waals surface area contributed by atoms with Crippen molar-refractivity contribution in [1.82, 2.24) is 5.32 Å². The Balaban J connectivity index is 2.66. The highest BCUT2D eigenvalue weighted by Crippen LogP contribution is 2.30. The van der Waals surface area contributed by atoms with Gasteiger partial charge in [0.15, 0.2) is 5.78 Å². The summed E-state index contributed by atoms with van der Waals surface area (Å²) in [6, 6.07) is 0. The molecule has 0 radical (unpaired) electrons. The van der Waals surface area contributed by atoms with E-state index in [1.165, 1.54) is 12.8 Å². The monoisotopic (exact) mass is 155 g/mol. The quantitative estimate of drug-likeness (QED) is 0.669. The van der Waals surface area contributed by atoms with Crippen molar-refractivity contribution in [3.8, 4) is 0 Å². The SMILES string of the molecule is CCC(=O)C1(NC)CCCC1. The maximum absolute atomic E-state index is 11.5. The van der Waals surface area contributed by atoms with Crippen LogP contribution in [0.1, 0.15) is 39.0 Å². The summed E-state index contributed by atoms with van der Waals surface area (Å²) in [5.41, 5.74) is -0.144. The zero-order valence-electron chi connectivity index (χ0n) is 7.44. The highest BCUT2D eigenvalue weighted by atomic mass is 16.1. The standard InChI is InChI=1S/C9H17NO/c1-3-8(11)9(10-2)6-4-5-7-9/h10H,3-7H2,1-2H3. The molecule has 1 saturated carbocycles. The smallest absolute Gasteiger partial charge is 0.152 e. The fraction of sp³-hybridized carbons (Fsp3) is 0.889. The molecule has 2 nitrogen and oxygen atoms in total. The normalized spacial score (nSPS) is 22.0. The summed E-state index contributed by atoms with van der Waals surface area (Å²) in [5, 5.41) is 3.18. The number of nitrogens with one attached hydrogen (secondary N) is 1. The van der Waals surface area contributed by atoms with Crippen molar-refractivity contribution < 1.29 is 4.79 Å². The van der Waals surface area contributed by atoms with E-state index in [4.69, 9.17) is 0 Å². The first kappa shape index (κ1) is 8.72. The van der Waals surface area contributed by atoms with Crippen LogP contribution in [0.15, 0.2) is 0 Å². The molecule has 0 heterocycles. The van der Waals surface area contributed by atoms with Crippen molar-refractivity contribution in [1.29, 1.82) is 0 Å². The van der Waals surface area contributed by atoms with E-state index < -0.39 is 0 Å². The predicted octanol–water partition coefficient (Wildman–Crippen LogP) is 1.50. The van der Waals surface area contributed by atoms with Crippen LogP contribution in [0.25, 0.3) is 0 Å². The Kier molecular flexibility index (Phi) is 2.66. The van der Waals surface area contributed by atoms with Crippen LogP contribution in [0, 0.1) is 0 Å². The number of carbonyl (C=O) groups excluding carboxylic acids is 1. The lowest BCUT2D eigenvalue weighted by Gasteiger charge is -2.26. The van der Waals surface area contributed by atoms with Crippen LogP contribution in [0.2, 0.25) is 0 Å². The lowest BCUT2D eigenvalue weighted by molar-refractivity contribution is -0.124. The average Bonchev–Trinajstić information content (AvgIpc) is 2.52. The van der Waals surface area contributed by atoms with E-state index >= 15 is 0 Å². The third kappa shape index (κ3) is 1.45. The van der Waals surface area contributed by atoms with Gasteiger partial charge < -0.3 is 5.32 Å². The van der Waals surface area contributed by atoms with Gasteiger partial charge in [-0.25, -0.2) is 0 Å². The predicted molar refractivity (Wildman–Crippen MR) is 45.6 cm³/mol. The van der Waals surface area contributed by atoms with Crippen LogP contribution in [0.4, 0.5) is 0 Å². The first-order chi connectivity index (χ1) is 5.25. The van der Waals surface area contributed by atoms with E-state index in [1.807, 2.05) is 14.0 Å². The summed E-state index contributed by atoms with van der Waals surface area (Å²) in [6.45, 7) is 1.94. The van der Waals surface area contributed by atoms with Gasteiger partial charge in [-0.3, -0.25) is 4.79 Å². The number of hydrogen-bond acceptors (Lipinski definition) is 2. The number of Topliss-reactive ketones (excluding diaryl/α,β-unsaturated/α-hetero) is 1. The molecule has 0 amide bonds. The van der Waals surface area contributed by atoms with Gasteiger partial charge in [-0.2, -0.15) is 0 Å². The molecule has 0 spiro atoms. The maximum Gasteiger partial charge on any atom is 0.152 e. The average molecular weight is 155 g/mol. The van der Waals surface area contributed by atoms with E-state index in [0.717, 1.165) is 12.8 Å². The highest BCUT2D eigenvalue weighted by Gasteiger charge is 2.37. The first-order valence-electron chi connectivity index (χ1n) is 4.47. The van der Waals surface area contributed by atoms with Gasteiger partial charge >= 0.3 is 0 Å². The second-order valence-corrected chi connectivity index (χ2v) is 3.32. The van der Waals surface area contributed by atoms with Crippen LogP contribution >= 0.6 is 0 Å². The van der Waals surface area contributed by atoms with E-state index in [9.17, 15) is 4.79 Å². The first-order valence-corrected chi connectivity index (χ1v) is 4.47. The molecule has 0 saturated heterocycles. The van der Waals surface area contributed by atoms with Gasteiger partial charge in [-0.1, -0.05) is 19.8 Å². The molecule has 1 aliphatic carbocycles. The number of rotatable bonds is 3. The third-order valence-corrected chi connectivity index (χ3v) is 2.79. The van der Waals surface area contributed by atoms with Crippen molar-refractivity contribution in [2.45, 2.75) is 44.6 Å². The molecule has 1 aliphatic rings. The zero-order chi connectivity index (χ0) is 8.32. The van der Waals surface area contributed by atoms with Crippen molar-refractivity contribution in [2.24, 2.45) is 0 Å². The number of ketones is 1. The summed E-state index contributed by atoms with van der Waals surface area (Å²) >= 11 is 0. The molecule has 0 atom stereocenters. The molecule has 11 heavy (non-hydrogen) atoms. The van der Waals surface area contributed by atoms with E-state index in [0.29, 0.717) is 12.2 Å². The molecule has 1 rings (SSSR count). The van der Waals surface area contributed by atoms with E-state index in [1.54, 1.807) is 0 Å². The minimum atomic E-state index is -0.144. The number of hydrogen-bond donors (Lipinski definition) is 1. The van der Waals surface area contributed by atoms with Crippen LogP contribution in [0.5, 0.6) is 0 Å². The molecule has 64 valence electrons.